The number of hydrogen-bond acceptors (Lipinski definition) is 4. The molecule has 0 unspecified atom stereocenters. The molecule has 0 radical (unpaired) electrons. The Morgan fingerprint density at radius 1 is 1.42 bits per heavy atom. The van der Waals surface area contributed by atoms with Crippen LogP contribution in [0.2, 0.25) is 5.02 Å². The van der Waals surface area contributed by atoms with E-state index in [0.29, 0.717) is 22.2 Å². The van der Waals surface area contributed by atoms with E-state index in [2.05, 4.69) is 32.3 Å². The maximum atomic E-state index is 9.06. The van der Waals surface area contributed by atoms with Crippen molar-refractivity contribution in [1.82, 2.24) is 4.98 Å². The number of halogens is 2. The fourth-order valence-electron chi connectivity index (χ4n) is 1.50. The highest BCUT2D eigenvalue weighted by molar-refractivity contribution is 9.10. The van der Waals surface area contributed by atoms with Crippen molar-refractivity contribution in [1.29, 1.82) is 5.26 Å². The van der Waals surface area contributed by atoms with Crippen LogP contribution in [0.4, 0.5) is 11.5 Å². The quantitative estimate of drug-likeness (QED) is 0.914. The summed E-state index contributed by atoms with van der Waals surface area (Å²) in [6.07, 6.45) is 1.62. The average molecular weight is 339 g/mol. The third-order valence-electron chi connectivity index (χ3n) is 2.39. The summed E-state index contributed by atoms with van der Waals surface area (Å²) in [4.78, 5) is 4.16. The zero-order valence-corrected chi connectivity index (χ0v) is 12.3. The highest BCUT2D eigenvalue weighted by atomic mass is 79.9. The first-order valence-electron chi connectivity index (χ1n) is 5.30. The van der Waals surface area contributed by atoms with Gasteiger partial charge < -0.3 is 10.1 Å². The lowest BCUT2D eigenvalue weighted by Crippen LogP contribution is -1.97. The van der Waals surface area contributed by atoms with Crippen molar-refractivity contribution in [3.05, 3.63) is 45.5 Å². The molecule has 0 bridgehead atoms. The minimum absolute atomic E-state index is 0.446. The zero-order chi connectivity index (χ0) is 13.8. The maximum Gasteiger partial charge on any atom is 0.148 e. The molecule has 2 rings (SSSR count). The number of hydrogen-bond donors (Lipinski definition) is 1. The van der Waals surface area contributed by atoms with Gasteiger partial charge in [-0.2, -0.15) is 5.26 Å². The normalized spacial score (nSPS) is 9.79. The second kappa shape index (κ2) is 5.91. The van der Waals surface area contributed by atoms with Crippen molar-refractivity contribution in [2.24, 2.45) is 0 Å². The number of anilines is 2. The predicted octanol–water partition coefficient (Wildman–Crippen LogP) is 4.12. The Kier molecular flexibility index (Phi) is 4.25. The molecule has 0 aliphatic heterocycles. The van der Waals surface area contributed by atoms with E-state index in [1.165, 1.54) is 0 Å². The number of methoxy groups -OCH3 is 1. The van der Waals surface area contributed by atoms with Gasteiger partial charge in [0, 0.05) is 16.4 Å². The number of nitrogens with zero attached hydrogens (tertiary/aromatic N) is 2. The van der Waals surface area contributed by atoms with Crippen LogP contribution in [-0.4, -0.2) is 12.1 Å². The van der Waals surface area contributed by atoms with Crippen molar-refractivity contribution in [3.8, 4) is 11.8 Å². The standard InChI is InChI=1S/C13H9BrClN3O/c1-19-12-3-2-10(5-11(12)15)18-13-8(6-16)4-9(14)7-17-13/h2-5,7H,1H3,(H,17,18). The van der Waals surface area contributed by atoms with Gasteiger partial charge in [0.2, 0.25) is 0 Å². The van der Waals surface area contributed by atoms with Crippen molar-refractivity contribution in [2.75, 3.05) is 12.4 Å². The van der Waals surface area contributed by atoms with Gasteiger partial charge in [-0.25, -0.2) is 4.98 Å². The van der Waals surface area contributed by atoms with E-state index < -0.39 is 0 Å². The Morgan fingerprint density at radius 2 is 2.21 bits per heavy atom. The molecule has 96 valence electrons. The smallest absolute Gasteiger partial charge is 0.148 e. The van der Waals surface area contributed by atoms with Gasteiger partial charge in [-0.15, -0.1) is 0 Å². The fourth-order valence-corrected chi connectivity index (χ4v) is 2.09. The molecule has 1 N–H and O–H groups in total. The summed E-state index contributed by atoms with van der Waals surface area (Å²) in [5.74, 6) is 1.07. The lowest BCUT2D eigenvalue weighted by molar-refractivity contribution is 0.415. The molecule has 0 saturated carbocycles. The van der Waals surface area contributed by atoms with Crippen LogP contribution in [0.3, 0.4) is 0 Å². The highest BCUT2D eigenvalue weighted by Crippen LogP contribution is 2.29. The molecule has 1 aromatic heterocycles. The molecule has 0 amide bonds. The van der Waals surface area contributed by atoms with E-state index in [1.54, 1.807) is 37.6 Å². The van der Waals surface area contributed by atoms with Crippen LogP contribution in [-0.2, 0) is 0 Å². The summed E-state index contributed by atoms with van der Waals surface area (Å²) in [6.45, 7) is 0. The first-order chi connectivity index (χ1) is 9.13. The van der Waals surface area contributed by atoms with Crippen LogP contribution in [0.15, 0.2) is 34.9 Å². The molecule has 0 atom stereocenters. The number of nitrogens with one attached hydrogen (secondary N) is 1. The monoisotopic (exact) mass is 337 g/mol. The molecule has 4 nitrogen and oxygen atoms in total. The predicted molar refractivity (Wildman–Crippen MR) is 77.9 cm³/mol. The second-order valence-corrected chi connectivity index (χ2v) is 4.96. The average Bonchev–Trinajstić information content (AvgIpc) is 2.41. The molecular weight excluding hydrogens is 330 g/mol. The molecule has 0 fully saturated rings. The van der Waals surface area contributed by atoms with Gasteiger partial charge in [0.1, 0.15) is 17.6 Å². The van der Waals surface area contributed by atoms with Crippen LogP contribution in [0.25, 0.3) is 0 Å². The molecule has 6 heteroatoms. The molecule has 1 heterocycles. The Morgan fingerprint density at radius 3 is 2.84 bits per heavy atom. The molecule has 19 heavy (non-hydrogen) atoms. The fraction of sp³-hybridized carbons (Fsp3) is 0.0769. The van der Waals surface area contributed by atoms with Crippen molar-refractivity contribution in [2.45, 2.75) is 0 Å². The number of rotatable bonds is 3. The number of nitriles is 1. The van der Waals surface area contributed by atoms with Gasteiger partial charge in [0.15, 0.2) is 0 Å². The van der Waals surface area contributed by atoms with E-state index in [4.69, 9.17) is 21.6 Å². The molecular formula is C13H9BrClN3O. The third-order valence-corrected chi connectivity index (χ3v) is 3.12. The number of aromatic nitrogens is 1. The topological polar surface area (TPSA) is 57.9 Å². The molecule has 0 aliphatic rings. The SMILES string of the molecule is COc1ccc(Nc2ncc(Br)cc2C#N)cc1Cl. The Bertz CT molecular complexity index is 655. The minimum Gasteiger partial charge on any atom is -0.495 e. The summed E-state index contributed by atoms with van der Waals surface area (Å²) < 4.78 is 5.83. The Hall–Kier alpha value is -1.77. The van der Waals surface area contributed by atoms with Gasteiger partial charge in [-0.1, -0.05) is 11.6 Å². The Balaban J connectivity index is 2.31. The van der Waals surface area contributed by atoms with Gasteiger partial charge >= 0.3 is 0 Å². The van der Waals surface area contributed by atoms with Crippen molar-refractivity contribution in [3.63, 3.8) is 0 Å². The van der Waals surface area contributed by atoms with Gasteiger partial charge in [-0.05, 0) is 40.2 Å². The number of benzene rings is 1. The first kappa shape index (κ1) is 13.7. The van der Waals surface area contributed by atoms with Crippen LogP contribution >= 0.6 is 27.5 Å². The lowest BCUT2D eigenvalue weighted by Gasteiger charge is -2.09. The van der Waals surface area contributed by atoms with Crippen molar-refractivity contribution >= 4 is 39.0 Å². The third kappa shape index (κ3) is 3.16. The summed E-state index contributed by atoms with van der Waals surface area (Å²) in [5, 5.41) is 12.6. The van der Waals surface area contributed by atoms with E-state index >= 15 is 0 Å². The van der Waals surface area contributed by atoms with Gasteiger partial charge in [0.25, 0.3) is 0 Å². The highest BCUT2D eigenvalue weighted by Gasteiger charge is 2.07. The van der Waals surface area contributed by atoms with Gasteiger partial charge in [-0.3, -0.25) is 0 Å². The van der Waals surface area contributed by atoms with Crippen LogP contribution in [0, 0.1) is 11.3 Å². The van der Waals surface area contributed by atoms with E-state index in [9.17, 15) is 0 Å². The first-order valence-corrected chi connectivity index (χ1v) is 6.47. The number of pyridine rings is 1. The molecule has 0 saturated heterocycles. The zero-order valence-electron chi connectivity index (χ0n) is 9.95. The summed E-state index contributed by atoms with van der Waals surface area (Å²) >= 11 is 9.31. The molecule has 0 aliphatic carbocycles. The Labute approximate surface area is 124 Å². The lowest BCUT2D eigenvalue weighted by atomic mass is 10.2. The van der Waals surface area contributed by atoms with Crippen LogP contribution < -0.4 is 10.1 Å². The summed E-state index contributed by atoms with van der Waals surface area (Å²) in [5.41, 5.74) is 1.18. The largest absolute Gasteiger partial charge is 0.495 e. The van der Waals surface area contributed by atoms with E-state index in [0.717, 1.165) is 10.2 Å². The van der Waals surface area contributed by atoms with Gasteiger partial charge in [0.05, 0.1) is 17.7 Å². The number of ether oxygens (including phenoxy) is 1. The van der Waals surface area contributed by atoms with Crippen molar-refractivity contribution < 1.29 is 4.74 Å². The molecule has 1 aromatic carbocycles. The summed E-state index contributed by atoms with van der Waals surface area (Å²) in [6, 6.07) is 9.04. The second-order valence-electron chi connectivity index (χ2n) is 3.64. The van der Waals surface area contributed by atoms with Crippen LogP contribution in [0.5, 0.6) is 5.75 Å². The minimum atomic E-state index is 0.446. The molecule has 0 spiro atoms. The summed E-state index contributed by atoms with van der Waals surface area (Å²) in [7, 11) is 1.55. The molecule has 2 aromatic rings. The van der Waals surface area contributed by atoms with Crippen LogP contribution in [0.1, 0.15) is 5.56 Å². The van der Waals surface area contributed by atoms with E-state index in [1.807, 2.05) is 0 Å². The maximum absolute atomic E-state index is 9.06. The van der Waals surface area contributed by atoms with E-state index in [-0.39, 0.29) is 0 Å².